The van der Waals surface area contributed by atoms with Gasteiger partial charge in [0.2, 0.25) is 0 Å². The number of fused-ring (bicyclic) bond motifs is 1. The first-order valence-electron chi connectivity index (χ1n) is 5.99. The molecule has 2 aromatic carbocycles. The molecule has 2 aromatic rings. The number of hydrogen-bond acceptors (Lipinski definition) is 3. The van der Waals surface area contributed by atoms with Crippen LogP contribution in [0, 0.1) is 0 Å². The number of phenols is 1. The van der Waals surface area contributed by atoms with Gasteiger partial charge in [-0.15, -0.1) is 0 Å². The van der Waals surface area contributed by atoms with Crippen molar-refractivity contribution in [1.82, 2.24) is 5.32 Å². The zero-order valence-electron chi connectivity index (χ0n) is 9.82. The highest BCUT2D eigenvalue weighted by molar-refractivity contribution is 6.31. The lowest BCUT2D eigenvalue weighted by molar-refractivity contribution is 0.0273. The van der Waals surface area contributed by atoms with Gasteiger partial charge in [0.15, 0.2) is 0 Å². The topological polar surface area (TPSA) is 41.5 Å². The fourth-order valence-corrected chi connectivity index (χ4v) is 2.58. The van der Waals surface area contributed by atoms with E-state index in [0.717, 1.165) is 29.4 Å². The summed E-state index contributed by atoms with van der Waals surface area (Å²) in [5.74, 6) is 0.276. The molecule has 1 aliphatic rings. The van der Waals surface area contributed by atoms with Crippen molar-refractivity contribution in [1.29, 1.82) is 0 Å². The lowest BCUT2D eigenvalue weighted by Crippen LogP contribution is -2.33. The maximum atomic E-state index is 10.1. The summed E-state index contributed by atoms with van der Waals surface area (Å²) in [6, 6.07) is 9.24. The predicted octanol–water partition coefficient (Wildman–Crippen LogP) is 2.86. The molecule has 3 rings (SSSR count). The van der Waals surface area contributed by atoms with Gasteiger partial charge >= 0.3 is 0 Å². The summed E-state index contributed by atoms with van der Waals surface area (Å²) in [5, 5.41) is 16.1. The first-order valence-corrected chi connectivity index (χ1v) is 6.37. The van der Waals surface area contributed by atoms with Crippen LogP contribution in [0.4, 0.5) is 0 Å². The Morgan fingerprint density at radius 1 is 1.28 bits per heavy atom. The van der Waals surface area contributed by atoms with E-state index >= 15 is 0 Å². The Morgan fingerprint density at radius 3 is 2.94 bits per heavy atom. The van der Waals surface area contributed by atoms with Crippen LogP contribution in [0.3, 0.4) is 0 Å². The zero-order chi connectivity index (χ0) is 12.5. The molecule has 0 aliphatic carbocycles. The van der Waals surface area contributed by atoms with Crippen LogP contribution in [0.25, 0.3) is 10.8 Å². The van der Waals surface area contributed by atoms with E-state index < -0.39 is 0 Å². The first-order chi connectivity index (χ1) is 8.75. The molecule has 3 nitrogen and oxygen atoms in total. The van der Waals surface area contributed by atoms with Gasteiger partial charge in [0.1, 0.15) is 5.75 Å². The summed E-state index contributed by atoms with van der Waals surface area (Å²) in [4.78, 5) is 0. The van der Waals surface area contributed by atoms with Gasteiger partial charge in [0.25, 0.3) is 0 Å². The molecule has 0 amide bonds. The van der Waals surface area contributed by atoms with E-state index in [1.165, 1.54) is 0 Å². The van der Waals surface area contributed by atoms with E-state index in [1.807, 2.05) is 24.3 Å². The van der Waals surface area contributed by atoms with Crippen LogP contribution < -0.4 is 5.32 Å². The van der Waals surface area contributed by atoms with Gasteiger partial charge in [-0.3, -0.25) is 0 Å². The van der Waals surface area contributed by atoms with Crippen LogP contribution in [0.15, 0.2) is 30.3 Å². The molecule has 0 radical (unpaired) electrons. The average molecular weight is 264 g/mol. The molecule has 0 spiro atoms. The van der Waals surface area contributed by atoms with Crippen LogP contribution in [-0.4, -0.2) is 24.8 Å². The standard InChI is InChI=1S/C14H14ClNO2/c15-10-2-3-11-9(7-10)1-4-12(17)14(11)13-8-16-5-6-18-13/h1-4,7,13,16-17H,5-6,8H2. The summed E-state index contributed by atoms with van der Waals surface area (Å²) in [7, 11) is 0. The van der Waals surface area contributed by atoms with E-state index in [2.05, 4.69) is 5.32 Å². The van der Waals surface area contributed by atoms with Crippen molar-refractivity contribution in [2.45, 2.75) is 6.10 Å². The Morgan fingerprint density at radius 2 is 2.17 bits per heavy atom. The molecule has 1 aliphatic heterocycles. The lowest BCUT2D eigenvalue weighted by Gasteiger charge is -2.25. The van der Waals surface area contributed by atoms with E-state index in [1.54, 1.807) is 6.07 Å². The van der Waals surface area contributed by atoms with Gasteiger partial charge in [-0.1, -0.05) is 23.7 Å². The smallest absolute Gasteiger partial charge is 0.122 e. The Hall–Kier alpha value is -1.29. The van der Waals surface area contributed by atoms with Crippen molar-refractivity contribution in [3.8, 4) is 5.75 Å². The molecule has 4 heteroatoms. The average Bonchev–Trinajstić information content (AvgIpc) is 2.40. The predicted molar refractivity (Wildman–Crippen MR) is 72.2 cm³/mol. The third-order valence-corrected chi connectivity index (χ3v) is 3.49. The second-order valence-corrected chi connectivity index (χ2v) is 4.86. The minimum absolute atomic E-state index is 0.108. The zero-order valence-corrected chi connectivity index (χ0v) is 10.6. The van der Waals surface area contributed by atoms with E-state index in [9.17, 15) is 5.11 Å². The van der Waals surface area contributed by atoms with Crippen LogP contribution in [-0.2, 0) is 4.74 Å². The van der Waals surface area contributed by atoms with Crippen molar-refractivity contribution in [2.75, 3.05) is 19.7 Å². The fourth-order valence-electron chi connectivity index (χ4n) is 2.40. The summed E-state index contributed by atoms with van der Waals surface area (Å²) in [6.45, 7) is 2.23. The number of aromatic hydroxyl groups is 1. The summed E-state index contributed by atoms with van der Waals surface area (Å²) >= 11 is 5.99. The maximum absolute atomic E-state index is 10.1. The number of rotatable bonds is 1. The van der Waals surface area contributed by atoms with Crippen molar-refractivity contribution < 1.29 is 9.84 Å². The number of ether oxygens (including phenoxy) is 1. The molecular weight excluding hydrogens is 250 g/mol. The Labute approximate surface area is 110 Å². The van der Waals surface area contributed by atoms with Crippen LogP contribution >= 0.6 is 11.6 Å². The minimum atomic E-state index is -0.108. The second-order valence-electron chi connectivity index (χ2n) is 4.43. The van der Waals surface area contributed by atoms with E-state index in [0.29, 0.717) is 11.6 Å². The second kappa shape index (κ2) is 4.76. The Balaban J connectivity index is 2.16. The highest BCUT2D eigenvalue weighted by Crippen LogP contribution is 2.35. The van der Waals surface area contributed by atoms with Crippen LogP contribution in [0.2, 0.25) is 5.02 Å². The number of hydrogen-bond donors (Lipinski definition) is 2. The quantitative estimate of drug-likeness (QED) is 0.831. The summed E-state index contributed by atoms with van der Waals surface area (Å²) in [6.07, 6.45) is -0.108. The third-order valence-electron chi connectivity index (χ3n) is 3.25. The van der Waals surface area contributed by atoms with Gasteiger partial charge in [0.05, 0.1) is 12.7 Å². The molecule has 1 unspecified atom stereocenters. The third kappa shape index (κ3) is 2.05. The lowest BCUT2D eigenvalue weighted by atomic mass is 9.98. The SMILES string of the molecule is Oc1ccc2cc(Cl)ccc2c1C1CNCCO1. The normalized spacial score (nSPS) is 20.2. The molecule has 0 bridgehead atoms. The highest BCUT2D eigenvalue weighted by atomic mass is 35.5. The molecule has 1 saturated heterocycles. The molecule has 18 heavy (non-hydrogen) atoms. The van der Waals surface area contributed by atoms with E-state index in [-0.39, 0.29) is 11.9 Å². The fraction of sp³-hybridized carbons (Fsp3) is 0.286. The van der Waals surface area contributed by atoms with Gasteiger partial charge in [0, 0.05) is 23.7 Å². The molecular formula is C14H14ClNO2. The minimum Gasteiger partial charge on any atom is -0.508 e. The molecule has 94 valence electrons. The van der Waals surface area contributed by atoms with Gasteiger partial charge in [-0.05, 0) is 29.0 Å². The Bertz CT molecular complexity index is 579. The summed E-state index contributed by atoms with van der Waals surface area (Å²) in [5.41, 5.74) is 0.844. The molecule has 1 fully saturated rings. The number of nitrogens with one attached hydrogen (secondary N) is 1. The monoisotopic (exact) mass is 263 g/mol. The van der Waals surface area contributed by atoms with Crippen molar-refractivity contribution in [2.24, 2.45) is 0 Å². The van der Waals surface area contributed by atoms with Crippen molar-refractivity contribution in [3.05, 3.63) is 40.9 Å². The molecule has 0 saturated carbocycles. The van der Waals surface area contributed by atoms with Crippen molar-refractivity contribution in [3.63, 3.8) is 0 Å². The number of halogens is 1. The molecule has 1 atom stereocenters. The molecule has 0 aromatic heterocycles. The molecule has 1 heterocycles. The number of benzene rings is 2. The van der Waals surface area contributed by atoms with Gasteiger partial charge in [-0.2, -0.15) is 0 Å². The summed E-state index contributed by atoms with van der Waals surface area (Å²) < 4.78 is 5.73. The van der Waals surface area contributed by atoms with Crippen LogP contribution in [0.1, 0.15) is 11.7 Å². The largest absolute Gasteiger partial charge is 0.508 e. The van der Waals surface area contributed by atoms with Gasteiger partial charge in [-0.25, -0.2) is 0 Å². The van der Waals surface area contributed by atoms with Crippen LogP contribution in [0.5, 0.6) is 5.75 Å². The number of morpholine rings is 1. The van der Waals surface area contributed by atoms with Gasteiger partial charge < -0.3 is 15.2 Å². The first kappa shape index (κ1) is 11.8. The number of phenolic OH excluding ortho intramolecular Hbond substituents is 1. The molecule has 2 N–H and O–H groups in total. The van der Waals surface area contributed by atoms with E-state index in [4.69, 9.17) is 16.3 Å². The highest BCUT2D eigenvalue weighted by Gasteiger charge is 2.21. The Kier molecular flexibility index (Phi) is 3.12. The maximum Gasteiger partial charge on any atom is 0.122 e. The van der Waals surface area contributed by atoms with Crippen molar-refractivity contribution >= 4 is 22.4 Å².